The van der Waals surface area contributed by atoms with Gasteiger partial charge in [-0.05, 0) is 32.3 Å². The lowest BCUT2D eigenvalue weighted by molar-refractivity contribution is 0.0645. The van der Waals surface area contributed by atoms with Gasteiger partial charge in [0.05, 0.1) is 16.4 Å². The van der Waals surface area contributed by atoms with E-state index in [1.807, 2.05) is 53.3 Å². The monoisotopic (exact) mass is 570 g/mol. The summed E-state index contributed by atoms with van der Waals surface area (Å²) in [6, 6.07) is 12.1. The van der Waals surface area contributed by atoms with E-state index in [9.17, 15) is 9.59 Å². The largest absolute Gasteiger partial charge is 0.337 e. The Bertz CT molecular complexity index is 1560. The van der Waals surface area contributed by atoms with Crippen LogP contribution < -0.4 is 0 Å². The average Bonchev–Trinajstić information content (AvgIpc) is 3.65. The van der Waals surface area contributed by atoms with Crippen LogP contribution in [0.5, 0.6) is 0 Å². The van der Waals surface area contributed by atoms with E-state index in [0.717, 1.165) is 43.2 Å². The number of likely N-dealkylation sites (tertiary alicyclic amines) is 1. The Hall–Kier alpha value is -3.96. The third kappa shape index (κ3) is 5.91. The Labute approximate surface area is 243 Å². The lowest BCUT2D eigenvalue weighted by Gasteiger charge is -2.33. The maximum Gasteiger partial charge on any atom is 0.276 e. The molecular weight excluding hydrogens is 536 g/mol. The van der Waals surface area contributed by atoms with Crippen molar-refractivity contribution in [2.45, 2.75) is 32.6 Å². The number of piperazine rings is 1. The quantitative estimate of drug-likeness (QED) is 0.349. The third-order valence-corrected chi connectivity index (χ3v) is 8.94. The zero-order chi connectivity index (χ0) is 28.3. The first-order chi connectivity index (χ1) is 20.0. The number of thiazole rings is 1. The van der Waals surface area contributed by atoms with Gasteiger partial charge in [0.2, 0.25) is 0 Å². The van der Waals surface area contributed by atoms with Crippen LogP contribution in [-0.2, 0) is 0 Å². The molecule has 0 atom stereocenters. The zero-order valence-electron chi connectivity index (χ0n) is 23.4. The van der Waals surface area contributed by atoms with E-state index >= 15 is 0 Å². The van der Waals surface area contributed by atoms with Gasteiger partial charge in [0.25, 0.3) is 11.8 Å². The first-order valence-corrected chi connectivity index (χ1v) is 15.0. The minimum Gasteiger partial charge on any atom is -0.337 e. The molecule has 4 aromatic rings. The molecule has 2 amide bonds. The Morgan fingerprint density at radius 2 is 1.68 bits per heavy atom. The van der Waals surface area contributed by atoms with Crippen LogP contribution in [0.15, 0.2) is 47.9 Å². The maximum atomic E-state index is 13.2. The van der Waals surface area contributed by atoms with E-state index in [4.69, 9.17) is 4.98 Å². The molecule has 212 valence electrons. The molecule has 0 N–H and O–H groups in total. The molecule has 0 aliphatic carbocycles. The second kappa shape index (κ2) is 11.9. The number of benzene rings is 1. The van der Waals surface area contributed by atoms with Crippen LogP contribution in [0.1, 0.15) is 61.7 Å². The van der Waals surface area contributed by atoms with Crippen LogP contribution in [0.4, 0.5) is 0 Å². The summed E-state index contributed by atoms with van der Waals surface area (Å²) in [5.74, 6) is 0.133. The predicted molar refractivity (Wildman–Crippen MR) is 158 cm³/mol. The summed E-state index contributed by atoms with van der Waals surface area (Å²) in [7, 11) is 0. The highest BCUT2D eigenvalue weighted by atomic mass is 32.1. The Kier molecular flexibility index (Phi) is 7.89. The van der Waals surface area contributed by atoms with Gasteiger partial charge in [-0.1, -0.05) is 42.5 Å². The fraction of sp³-hybridized carbons (Fsp3) is 0.400. The molecule has 10 nitrogen and oxygen atoms in total. The van der Waals surface area contributed by atoms with Gasteiger partial charge in [-0.15, -0.1) is 21.5 Å². The number of hydrogen-bond acceptors (Lipinski definition) is 8. The molecule has 2 aliphatic heterocycles. The van der Waals surface area contributed by atoms with Gasteiger partial charge in [0.15, 0.2) is 11.3 Å². The predicted octanol–water partition coefficient (Wildman–Crippen LogP) is 3.69. The fourth-order valence-corrected chi connectivity index (χ4v) is 6.49. The molecule has 0 saturated carbocycles. The molecule has 2 saturated heterocycles. The number of aryl methyl sites for hydroxylation is 2. The number of rotatable bonds is 6. The van der Waals surface area contributed by atoms with Crippen molar-refractivity contribution in [2.24, 2.45) is 0 Å². The van der Waals surface area contributed by atoms with Crippen molar-refractivity contribution in [3.05, 3.63) is 81.2 Å². The summed E-state index contributed by atoms with van der Waals surface area (Å²) < 4.78 is 1.68. The molecule has 2 aliphatic rings. The van der Waals surface area contributed by atoms with Gasteiger partial charge in [-0.3, -0.25) is 14.5 Å². The summed E-state index contributed by atoms with van der Waals surface area (Å²) >= 11 is 1.55. The van der Waals surface area contributed by atoms with E-state index in [2.05, 4.69) is 44.5 Å². The molecular formula is C30H34N8O2S. The van der Waals surface area contributed by atoms with Gasteiger partial charge < -0.3 is 9.80 Å². The van der Waals surface area contributed by atoms with Crippen LogP contribution >= 0.6 is 11.3 Å². The Balaban J connectivity index is 0.997. The first-order valence-electron chi connectivity index (χ1n) is 14.1. The summed E-state index contributed by atoms with van der Waals surface area (Å²) in [6.07, 6.45) is 5.94. The second-order valence-electron chi connectivity index (χ2n) is 10.7. The number of nitrogens with zero attached hydrogens (tertiary/aromatic N) is 8. The van der Waals surface area contributed by atoms with Crippen molar-refractivity contribution in [3.8, 4) is 0 Å². The van der Waals surface area contributed by atoms with Gasteiger partial charge in [0.1, 0.15) is 5.69 Å². The molecule has 0 bridgehead atoms. The number of carbonyl (C=O) groups is 2. The van der Waals surface area contributed by atoms with Gasteiger partial charge in [-0.25, -0.2) is 9.50 Å². The van der Waals surface area contributed by atoms with Crippen LogP contribution in [0, 0.1) is 13.8 Å². The van der Waals surface area contributed by atoms with Gasteiger partial charge in [0, 0.05) is 63.2 Å². The lowest BCUT2D eigenvalue weighted by Crippen LogP contribution is -2.48. The summed E-state index contributed by atoms with van der Waals surface area (Å²) in [6.45, 7) is 8.97. The highest BCUT2D eigenvalue weighted by Crippen LogP contribution is 2.31. The number of carbonyl (C=O) groups excluding carboxylic acids is 2. The van der Waals surface area contributed by atoms with Crippen molar-refractivity contribution in [2.75, 3.05) is 45.8 Å². The van der Waals surface area contributed by atoms with Crippen molar-refractivity contribution >= 4 is 34.9 Å². The topological polar surface area (TPSA) is 99.8 Å². The van der Waals surface area contributed by atoms with E-state index in [0.29, 0.717) is 48.9 Å². The average molecular weight is 571 g/mol. The maximum absolute atomic E-state index is 13.2. The highest BCUT2D eigenvalue weighted by molar-refractivity contribution is 7.09. The number of amides is 2. The molecule has 0 spiro atoms. The normalized spacial score (nSPS) is 17.1. The van der Waals surface area contributed by atoms with Gasteiger partial charge in [-0.2, -0.15) is 5.10 Å². The second-order valence-corrected chi connectivity index (χ2v) is 11.6. The van der Waals surface area contributed by atoms with Crippen molar-refractivity contribution < 1.29 is 9.59 Å². The third-order valence-electron chi connectivity index (χ3n) is 7.93. The molecule has 11 heteroatoms. The van der Waals surface area contributed by atoms with Crippen molar-refractivity contribution in [3.63, 3.8) is 0 Å². The molecule has 3 aromatic heterocycles. The number of fused-ring (bicyclic) bond motifs is 1. The standard InChI is InChI=1S/C30H34N8O2S/c1-21-19-26-32-33-27(22(2)38(26)34-21)30(40)36-13-10-24(11-14-36)28-31-25(20-41-28)29(39)37-17-15-35(16-18-37)12-6-9-23-7-4-3-5-8-23/h3-9,19-20,24H,10-18H2,1-2H3/b9-6-. The van der Waals surface area contributed by atoms with Crippen molar-refractivity contribution in [1.29, 1.82) is 0 Å². The van der Waals surface area contributed by atoms with Crippen molar-refractivity contribution in [1.82, 2.24) is 39.5 Å². The molecule has 0 radical (unpaired) electrons. The van der Waals surface area contributed by atoms with E-state index < -0.39 is 0 Å². The highest BCUT2D eigenvalue weighted by Gasteiger charge is 2.30. The minimum atomic E-state index is -0.117. The first kappa shape index (κ1) is 27.2. The minimum absolute atomic E-state index is 0.0119. The molecule has 1 aromatic carbocycles. The van der Waals surface area contributed by atoms with Crippen LogP contribution in [0.25, 0.3) is 11.7 Å². The fourth-order valence-electron chi connectivity index (χ4n) is 5.53. The van der Waals surface area contributed by atoms with E-state index in [1.165, 1.54) is 5.56 Å². The molecule has 41 heavy (non-hydrogen) atoms. The van der Waals surface area contributed by atoms with E-state index in [1.54, 1.807) is 15.9 Å². The molecule has 0 unspecified atom stereocenters. The molecule has 2 fully saturated rings. The number of aromatic nitrogens is 5. The van der Waals surface area contributed by atoms with Crippen LogP contribution in [0.3, 0.4) is 0 Å². The SMILES string of the molecule is Cc1cc2nnc(C(=O)N3CCC(c4nc(C(=O)N5CCN(C/C=C\c6ccccc6)CC5)cs4)CC3)c(C)n2n1. The summed E-state index contributed by atoms with van der Waals surface area (Å²) in [4.78, 5) is 37.3. The molecule has 5 heterocycles. The van der Waals surface area contributed by atoms with Crippen LogP contribution in [-0.4, -0.2) is 97.1 Å². The van der Waals surface area contributed by atoms with Gasteiger partial charge >= 0.3 is 0 Å². The number of piperidine rings is 1. The zero-order valence-corrected chi connectivity index (χ0v) is 24.3. The lowest BCUT2D eigenvalue weighted by atomic mass is 9.97. The van der Waals surface area contributed by atoms with Crippen LogP contribution in [0.2, 0.25) is 0 Å². The number of hydrogen-bond donors (Lipinski definition) is 0. The summed E-state index contributed by atoms with van der Waals surface area (Å²) in [5.41, 5.74) is 4.25. The molecule has 6 rings (SSSR count). The summed E-state index contributed by atoms with van der Waals surface area (Å²) in [5, 5.41) is 15.7. The smallest absolute Gasteiger partial charge is 0.276 e. The Morgan fingerprint density at radius 3 is 2.44 bits per heavy atom. The van der Waals surface area contributed by atoms with E-state index in [-0.39, 0.29) is 17.7 Å². The Morgan fingerprint density at radius 1 is 0.951 bits per heavy atom.